The Labute approximate surface area is 85.4 Å². The summed E-state index contributed by atoms with van der Waals surface area (Å²) in [5.41, 5.74) is 0. The van der Waals surface area contributed by atoms with Crippen molar-refractivity contribution in [2.24, 2.45) is 17.8 Å². The Hall–Kier alpha value is -1.23. The van der Waals surface area contributed by atoms with E-state index in [1.165, 1.54) is 0 Å². The highest BCUT2D eigenvalue weighted by Gasteiger charge is 2.64. The molecule has 4 atom stereocenters. The minimum atomic E-state index is -1.42. The molecule has 2 aliphatic heterocycles. The number of hydrogen-bond acceptors (Lipinski definition) is 4. The van der Waals surface area contributed by atoms with Crippen molar-refractivity contribution >= 4 is 17.5 Å². The standard InChI is InChI=1S/C10H10O5/c11-8-5-3-1-2-4(15-3)6(5)9(12)7(8)10(13)14/h3-7H,1-2H2,(H,13,14). The number of carboxylic acid groups (broad SMARTS) is 1. The zero-order chi connectivity index (χ0) is 10.7. The van der Waals surface area contributed by atoms with Gasteiger partial charge in [-0.25, -0.2) is 0 Å². The largest absolute Gasteiger partial charge is 0.480 e. The van der Waals surface area contributed by atoms with Gasteiger partial charge in [-0.1, -0.05) is 0 Å². The summed E-state index contributed by atoms with van der Waals surface area (Å²) in [6.45, 7) is 0. The summed E-state index contributed by atoms with van der Waals surface area (Å²) >= 11 is 0. The quantitative estimate of drug-likeness (QED) is 0.597. The second-order valence-electron chi connectivity index (χ2n) is 4.42. The van der Waals surface area contributed by atoms with Gasteiger partial charge in [-0.05, 0) is 12.8 Å². The SMILES string of the molecule is O=C(O)C1C(=O)C2C3CCC(O3)C2C1=O. The predicted molar refractivity (Wildman–Crippen MR) is 46.0 cm³/mol. The summed E-state index contributed by atoms with van der Waals surface area (Å²) < 4.78 is 5.47. The van der Waals surface area contributed by atoms with Gasteiger partial charge < -0.3 is 9.84 Å². The van der Waals surface area contributed by atoms with E-state index in [2.05, 4.69) is 0 Å². The van der Waals surface area contributed by atoms with Gasteiger partial charge in [-0.15, -0.1) is 0 Å². The van der Waals surface area contributed by atoms with Crippen LogP contribution in [-0.2, 0) is 19.1 Å². The Morgan fingerprint density at radius 1 is 1.13 bits per heavy atom. The van der Waals surface area contributed by atoms with Crippen LogP contribution < -0.4 is 0 Å². The first-order valence-electron chi connectivity index (χ1n) is 5.07. The van der Waals surface area contributed by atoms with Crippen LogP contribution in [0.5, 0.6) is 0 Å². The van der Waals surface area contributed by atoms with Crippen molar-refractivity contribution in [2.45, 2.75) is 25.0 Å². The maximum absolute atomic E-state index is 11.7. The van der Waals surface area contributed by atoms with E-state index in [9.17, 15) is 14.4 Å². The third-order valence-electron chi connectivity index (χ3n) is 3.75. The number of carboxylic acids is 1. The topological polar surface area (TPSA) is 80.7 Å². The summed E-state index contributed by atoms with van der Waals surface area (Å²) in [4.78, 5) is 34.3. The molecule has 0 aromatic heterocycles. The maximum atomic E-state index is 11.7. The molecule has 5 heteroatoms. The zero-order valence-electron chi connectivity index (χ0n) is 7.88. The number of ketones is 2. The third-order valence-corrected chi connectivity index (χ3v) is 3.75. The summed E-state index contributed by atoms with van der Waals surface area (Å²) in [5, 5.41) is 8.82. The van der Waals surface area contributed by atoms with E-state index in [4.69, 9.17) is 9.84 Å². The molecule has 15 heavy (non-hydrogen) atoms. The van der Waals surface area contributed by atoms with Crippen LogP contribution >= 0.6 is 0 Å². The van der Waals surface area contributed by atoms with Crippen molar-refractivity contribution in [2.75, 3.05) is 0 Å². The summed E-state index contributed by atoms with van der Waals surface area (Å²) in [5.74, 6) is -4.56. The fraction of sp³-hybridized carbons (Fsp3) is 0.700. The molecule has 0 aromatic carbocycles. The zero-order valence-corrected chi connectivity index (χ0v) is 7.88. The molecular weight excluding hydrogens is 200 g/mol. The lowest BCUT2D eigenvalue weighted by Crippen LogP contribution is -2.29. The van der Waals surface area contributed by atoms with Crippen LogP contribution in [0.15, 0.2) is 0 Å². The number of rotatable bonds is 1. The van der Waals surface area contributed by atoms with Gasteiger partial charge in [-0.2, -0.15) is 0 Å². The number of carbonyl (C=O) groups excluding carboxylic acids is 2. The molecule has 80 valence electrons. The minimum Gasteiger partial charge on any atom is -0.480 e. The monoisotopic (exact) mass is 210 g/mol. The van der Waals surface area contributed by atoms with E-state index < -0.39 is 35.3 Å². The average molecular weight is 210 g/mol. The van der Waals surface area contributed by atoms with Gasteiger partial charge >= 0.3 is 5.97 Å². The van der Waals surface area contributed by atoms with E-state index in [0.29, 0.717) is 0 Å². The summed E-state index contributed by atoms with van der Waals surface area (Å²) in [6.07, 6.45) is 1.13. The first-order chi connectivity index (χ1) is 7.11. The van der Waals surface area contributed by atoms with Gasteiger partial charge in [0.2, 0.25) is 0 Å². The Bertz CT molecular complexity index is 346. The van der Waals surface area contributed by atoms with Crippen LogP contribution in [0.2, 0.25) is 0 Å². The van der Waals surface area contributed by atoms with Gasteiger partial charge in [0.1, 0.15) is 0 Å². The van der Waals surface area contributed by atoms with E-state index in [1.807, 2.05) is 0 Å². The van der Waals surface area contributed by atoms with Crippen LogP contribution in [0.4, 0.5) is 0 Å². The molecule has 5 nitrogen and oxygen atoms in total. The number of fused-ring (bicyclic) bond motifs is 5. The highest BCUT2D eigenvalue weighted by Crippen LogP contribution is 2.49. The maximum Gasteiger partial charge on any atom is 0.321 e. The Kier molecular flexibility index (Phi) is 1.60. The minimum absolute atomic E-state index is 0.208. The summed E-state index contributed by atoms with van der Waals surface area (Å²) in [6, 6.07) is 0. The molecule has 3 fully saturated rings. The lowest BCUT2D eigenvalue weighted by atomic mass is 9.81. The predicted octanol–water partition coefficient (Wildman–Crippen LogP) is -0.367. The summed E-state index contributed by atoms with van der Waals surface area (Å²) in [7, 11) is 0. The number of carbonyl (C=O) groups is 3. The number of ether oxygens (including phenoxy) is 1. The lowest BCUT2D eigenvalue weighted by molar-refractivity contribution is -0.149. The molecule has 4 unspecified atom stereocenters. The van der Waals surface area contributed by atoms with Gasteiger partial charge in [0.25, 0.3) is 0 Å². The van der Waals surface area contributed by atoms with Crippen LogP contribution in [0, 0.1) is 17.8 Å². The molecule has 0 aromatic rings. The molecule has 1 N–H and O–H groups in total. The Morgan fingerprint density at radius 2 is 1.60 bits per heavy atom. The smallest absolute Gasteiger partial charge is 0.321 e. The van der Waals surface area contributed by atoms with Crippen LogP contribution in [-0.4, -0.2) is 34.9 Å². The number of Topliss-reactive ketones (excluding diaryl/α,β-unsaturated/α-hetero) is 2. The van der Waals surface area contributed by atoms with Crippen molar-refractivity contribution in [3.05, 3.63) is 0 Å². The normalized spacial score (nSPS) is 47.3. The molecular formula is C10H10O5. The molecule has 2 heterocycles. The molecule has 0 amide bonds. The van der Waals surface area contributed by atoms with Crippen LogP contribution in [0.3, 0.4) is 0 Å². The van der Waals surface area contributed by atoms with E-state index in [-0.39, 0.29) is 12.2 Å². The molecule has 1 aliphatic carbocycles. The number of aliphatic carboxylic acids is 1. The van der Waals surface area contributed by atoms with Crippen molar-refractivity contribution in [3.63, 3.8) is 0 Å². The fourth-order valence-corrected chi connectivity index (χ4v) is 3.17. The van der Waals surface area contributed by atoms with Gasteiger partial charge in [0.05, 0.1) is 24.0 Å². The highest BCUT2D eigenvalue weighted by atomic mass is 16.5. The molecule has 0 radical (unpaired) electrons. The second-order valence-corrected chi connectivity index (χ2v) is 4.42. The van der Waals surface area contributed by atoms with Gasteiger partial charge in [0.15, 0.2) is 17.5 Å². The fourth-order valence-electron chi connectivity index (χ4n) is 3.17. The first-order valence-corrected chi connectivity index (χ1v) is 5.07. The first kappa shape index (κ1) is 9.03. The van der Waals surface area contributed by atoms with E-state index in [0.717, 1.165) is 12.8 Å². The van der Waals surface area contributed by atoms with Crippen molar-refractivity contribution in [1.82, 2.24) is 0 Å². The molecule has 2 bridgehead atoms. The lowest BCUT2D eigenvalue weighted by Gasteiger charge is -2.16. The molecule has 3 rings (SSSR count). The van der Waals surface area contributed by atoms with Crippen molar-refractivity contribution in [1.29, 1.82) is 0 Å². The van der Waals surface area contributed by atoms with Crippen LogP contribution in [0.25, 0.3) is 0 Å². The number of hydrogen-bond donors (Lipinski definition) is 1. The molecule has 3 aliphatic rings. The van der Waals surface area contributed by atoms with Crippen molar-refractivity contribution < 1.29 is 24.2 Å². The Morgan fingerprint density at radius 3 is 2.00 bits per heavy atom. The Balaban J connectivity index is 2.00. The third kappa shape index (κ3) is 0.937. The van der Waals surface area contributed by atoms with Crippen LogP contribution in [0.1, 0.15) is 12.8 Å². The van der Waals surface area contributed by atoms with E-state index in [1.54, 1.807) is 0 Å². The second kappa shape index (κ2) is 2.66. The van der Waals surface area contributed by atoms with Gasteiger partial charge in [0, 0.05) is 0 Å². The van der Waals surface area contributed by atoms with Gasteiger partial charge in [-0.3, -0.25) is 14.4 Å². The average Bonchev–Trinajstić information content (AvgIpc) is 2.79. The van der Waals surface area contributed by atoms with E-state index >= 15 is 0 Å². The van der Waals surface area contributed by atoms with Crippen molar-refractivity contribution in [3.8, 4) is 0 Å². The molecule has 2 saturated heterocycles. The molecule has 0 spiro atoms. The highest BCUT2D eigenvalue weighted by molar-refractivity contribution is 6.23. The molecule has 1 saturated carbocycles.